The van der Waals surface area contributed by atoms with Crippen LogP contribution in [0.5, 0.6) is 0 Å². The van der Waals surface area contributed by atoms with Crippen molar-refractivity contribution in [2.45, 2.75) is 63.3 Å². The highest BCUT2D eigenvalue weighted by atomic mass is 28.4. The van der Waals surface area contributed by atoms with Crippen LogP contribution in [0.1, 0.15) is 58.3 Å². The summed E-state index contributed by atoms with van der Waals surface area (Å²) in [6.07, 6.45) is 10.7. The lowest BCUT2D eigenvalue weighted by Crippen LogP contribution is -2.58. The van der Waals surface area contributed by atoms with Crippen LogP contribution in [0.15, 0.2) is 0 Å². The third kappa shape index (κ3) is 2.41. The molecule has 2 saturated carbocycles. The van der Waals surface area contributed by atoms with E-state index in [-0.39, 0.29) is 5.04 Å². The predicted octanol–water partition coefficient (Wildman–Crippen LogP) is 4.01. The first-order valence-corrected chi connectivity index (χ1v) is 9.52. The average molecular weight is 286 g/mol. The topological polar surface area (TPSA) is 27.7 Å². The summed E-state index contributed by atoms with van der Waals surface area (Å²) < 4.78 is 17.8. The van der Waals surface area contributed by atoms with Gasteiger partial charge in [-0.2, -0.15) is 0 Å². The summed E-state index contributed by atoms with van der Waals surface area (Å²) in [4.78, 5) is 0. The molecule has 0 aromatic heterocycles. The van der Waals surface area contributed by atoms with E-state index in [9.17, 15) is 0 Å². The molecule has 0 bridgehead atoms. The SMILES string of the molecule is CO[Si](OC)(OC)C(C)(C1CCCC1)C1CCCC1. The predicted molar refractivity (Wildman–Crippen MR) is 79.1 cm³/mol. The number of rotatable bonds is 6. The molecular weight excluding hydrogens is 256 g/mol. The van der Waals surface area contributed by atoms with E-state index in [1.54, 1.807) is 21.3 Å². The van der Waals surface area contributed by atoms with Gasteiger partial charge < -0.3 is 13.3 Å². The Hall–Kier alpha value is 0.0969. The Morgan fingerprint density at radius 1 is 0.737 bits per heavy atom. The van der Waals surface area contributed by atoms with Gasteiger partial charge in [0, 0.05) is 26.4 Å². The minimum absolute atomic E-state index is 0.0955. The fraction of sp³-hybridized carbons (Fsp3) is 1.00. The standard InChI is InChI=1S/C15H30O3Si/c1-15(13-9-5-6-10-13,14-11-7-8-12-14)19(16-2,17-3)18-4/h13-14H,5-12H2,1-4H3. The first kappa shape index (κ1) is 15.5. The van der Waals surface area contributed by atoms with Crippen LogP contribution in [0.3, 0.4) is 0 Å². The summed E-state index contributed by atoms with van der Waals surface area (Å²) in [5.41, 5.74) is 0. The van der Waals surface area contributed by atoms with Gasteiger partial charge in [0.1, 0.15) is 0 Å². The summed E-state index contributed by atoms with van der Waals surface area (Å²) in [6.45, 7) is 2.40. The molecule has 2 aliphatic carbocycles. The lowest BCUT2D eigenvalue weighted by atomic mass is 9.79. The molecule has 0 radical (unpaired) electrons. The lowest BCUT2D eigenvalue weighted by molar-refractivity contribution is 0.0542. The molecule has 0 saturated heterocycles. The molecule has 19 heavy (non-hydrogen) atoms. The first-order valence-electron chi connectivity index (χ1n) is 7.80. The Morgan fingerprint density at radius 3 is 1.32 bits per heavy atom. The highest BCUT2D eigenvalue weighted by Gasteiger charge is 2.63. The smallest absolute Gasteiger partial charge is 0.376 e. The summed E-state index contributed by atoms with van der Waals surface area (Å²) in [7, 11) is 2.74. The molecule has 0 N–H and O–H groups in total. The molecule has 0 aliphatic heterocycles. The monoisotopic (exact) mass is 286 g/mol. The van der Waals surface area contributed by atoms with E-state index in [4.69, 9.17) is 13.3 Å². The molecule has 4 heteroatoms. The van der Waals surface area contributed by atoms with Gasteiger partial charge in [0.15, 0.2) is 0 Å². The normalized spacial score (nSPS) is 23.4. The Bertz CT molecular complexity index is 255. The second kappa shape index (κ2) is 6.25. The molecule has 3 nitrogen and oxygen atoms in total. The Kier molecular flexibility index (Phi) is 5.09. The minimum atomic E-state index is -2.60. The second-order valence-corrected chi connectivity index (χ2v) is 9.83. The van der Waals surface area contributed by atoms with Crippen LogP contribution in [0, 0.1) is 11.8 Å². The Labute approximate surface area is 119 Å². The van der Waals surface area contributed by atoms with Crippen LogP contribution < -0.4 is 0 Å². The molecule has 2 aliphatic rings. The van der Waals surface area contributed by atoms with Crippen molar-refractivity contribution in [3.8, 4) is 0 Å². The zero-order chi connectivity index (χ0) is 13.9. The van der Waals surface area contributed by atoms with E-state index in [0.717, 1.165) is 0 Å². The molecule has 2 fully saturated rings. The van der Waals surface area contributed by atoms with Crippen molar-refractivity contribution in [3.63, 3.8) is 0 Å². The average Bonchev–Trinajstić information content (AvgIpc) is 3.14. The van der Waals surface area contributed by atoms with Gasteiger partial charge in [0.05, 0.1) is 0 Å². The third-order valence-corrected chi connectivity index (χ3v) is 9.62. The van der Waals surface area contributed by atoms with Crippen LogP contribution >= 0.6 is 0 Å². The van der Waals surface area contributed by atoms with Crippen molar-refractivity contribution in [1.29, 1.82) is 0 Å². The third-order valence-electron chi connectivity index (χ3n) is 5.87. The molecule has 0 amide bonds. The van der Waals surface area contributed by atoms with Crippen LogP contribution in [-0.2, 0) is 13.3 Å². The summed E-state index contributed by atoms with van der Waals surface area (Å²) in [5, 5.41) is 0.0955. The summed E-state index contributed by atoms with van der Waals surface area (Å²) in [5.74, 6) is 1.42. The minimum Gasteiger partial charge on any atom is -0.376 e. The van der Waals surface area contributed by atoms with Gasteiger partial charge >= 0.3 is 8.80 Å². The molecule has 0 atom stereocenters. The molecular formula is C15H30O3Si. The molecule has 0 spiro atoms. The molecule has 0 aromatic rings. The van der Waals surface area contributed by atoms with E-state index >= 15 is 0 Å². The fourth-order valence-electron chi connectivity index (χ4n) is 4.79. The quantitative estimate of drug-likeness (QED) is 0.691. The van der Waals surface area contributed by atoms with E-state index in [0.29, 0.717) is 11.8 Å². The van der Waals surface area contributed by atoms with Crippen molar-refractivity contribution in [2.24, 2.45) is 11.8 Å². The van der Waals surface area contributed by atoms with Gasteiger partial charge in [-0.15, -0.1) is 0 Å². The van der Waals surface area contributed by atoms with Gasteiger partial charge in [0.25, 0.3) is 0 Å². The van der Waals surface area contributed by atoms with Gasteiger partial charge in [-0.05, 0) is 37.5 Å². The van der Waals surface area contributed by atoms with Gasteiger partial charge in [0.2, 0.25) is 0 Å². The van der Waals surface area contributed by atoms with Crippen LogP contribution in [0.25, 0.3) is 0 Å². The van der Waals surface area contributed by atoms with E-state index < -0.39 is 8.80 Å². The van der Waals surface area contributed by atoms with E-state index in [1.165, 1.54) is 51.4 Å². The lowest BCUT2D eigenvalue weighted by Gasteiger charge is -2.49. The Morgan fingerprint density at radius 2 is 1.05 bits per heavy atom. The van der Waals surface area contributed by atoms with E-state index in [1.807, 2.05) is 0 Å². The van der Waals surface area contributed by atoms with Gasteiger partial charge in [-0.25, -0.2) is 0 Å². The number of hydrogen-bond acceptors (Lipinski definition) is 3. The van der Waals surface area contributed by atoms with Crippen LogP contribution in [-0.4, -0.2) is 30.1 Å². The van der Waals surface area contributed by atoms with E-state index in [2.05, 4.69) is 6.92 Å². The van der Waals surface area contributed by atoms with Gasteiger partial charge in [-0.1, -0.05) is 32.6 Å². The highest BCUT2D eigenvalue weighted by Crippen LogP contribution is 2.60. The van der Waals surface area contributed by atoms with Crippen molar-refractivity contribution in [3.05, 3.63) is 0 Å². The molecule has 0 heterocycles. The van der Waals surface area contributed by atoms with Crippen molar-refractivity contribution in [1.82, 2.24) is 0 Å². The highest BCUT2D eigenvalue weighted by molar-refractivity contribution is 6.64. The maximum atomic E-state index is 5.92. The Balaban J connectivity index is 2.36. The fourth-order valence-corrected chi connectivity index (χ4v) is 8.19. The summed E-state index contributed by atoms with van der Waals surface area (Å²) >= 11 is 0. The maximum absolute atomic E-state index is 5.92. The van der Waals surface area contributed by atoms with Crippen LogP contribution in [0.2, 0.25) is 5.04 Å². The zero-order valence-electron chi connectivity index (χ0n) is 13.0. The number of hydrogen-bond donors (Lipinski definition) is 0. The van der Waals surface area contributed by atoms with Crippen molar-refractivity contribution >= 4 is 8.80 Å². The maximum Gasteiger partial charge on any atom is 0.506 e. The van der Waals surface area contributed by atoms with Gasteiger partial charge in [-0.3, -0.25) is 0 Å². The zero-order valence-corrected chi connectivity index (χ0v) is 14.0. The van der Waals surface area contributed by atoms with Crippen molar-refractivity contribution in [2.75, 3.05) is 21.3 Å². The largest absolute Gasteiger partial charge is 0.506 e. The summed E-state index contributed by atoms with van der Waals surface area (Å²) in [6, 6.07) is 0. The molecule has 112 valence electrons. The van der Waals surface area contributed by atoms with Crippen molar-refractivity contribution < 1.29 is 13.3 Å². The molecule has 2 rings (SSSR count). The second-order valence-electron chi connectivity index (χ2n) is 6.41. The van der Waals surface area contributed by atoms with Crippen LogP contribution in [0.4, 0.5) is 0 Å². The molecule has 0 unspecified atom stereocenters. The first-order chi connectivity index (χ1) is 9.14. The molecule has 0 aromatic carbocycles.